The van der Waals surface area contributed by atoms with Crippen LogP contribution in [0.2, 0.25) is 0 Å². The molecular weight excluding hydrogens is 833 g/mol. The van der Waals surface area contributed by atoms with Crippen molar-refractivity contribution in [2.24, 2.45) is 11.5 Å². The highest BCUT2D eigenvalue weighted by Gasteiger charge is 2.02. The Kier molecular flexibility index (Phi) is 125. The van der Waals surface area contributed by atoms with E-state index >= 15 is 0 Å². The zero-order valence-electron chi connectivity index (χ0n) is 46.9. The number of hydrogen-bond donors (Lipinski definition) is 5. The lowest BCUT2D eigenvalue weighted by Gasteiger charge is -2.02. The van der Waals surface area contributed by atoms with Gasteiger partial charge in [-0.3, -0.25) is 15.6 Å². The number of benzene rings is 5. The number of hydrogen-bond acceptors (Lipinski definition) is 4. The quantitative estimate of drug-likeness (QED) is 0.0681. The lowest BCUT2D eigenvalue weighted by Crippen LogP contribution is -2.10. The van der Waals surface area contributed by atoms with Gasteiger partial charge in [0.15, 0.2) is 5.78 Å². The van der Waals surface area contributed by atoms with E-state index in [1.54, 1.807) is 18.2 Å². The molecule has 0 aliphatic rings. The summed E-state index contributed by atoms with van der Waals surface area (Å²) in [5, 5.41) is 23.6. The lowest BCUT2D eigenvalue weighted by molar-refractivity contribution is 0.101. The monoisotopic (exact) mass is 951 g/mol. The number of carbonyl (C=O) groups is 1. The lowest BCUT2D eigenvalue weighted by atomic mass is 10.0. The molecule has 0 saturated carbocycles. The summed E-state index contributed by atoms with van der Waals surface area (Å²) in [6.45, 7) is 49.7. The highest BCUT2D eigenvalue weighted by Crippen LogP contribution is 2.20. The molecule has 0 fully saturated rings. The molecule has 398 valence electrons. The topological polar surface area (TPSA) is 137 Å². The Bertz CT molecular complexity index is 1480. The van der Waals surface area contributed by atoms with Crippen LogP contribution < -0.4 is 11.5 Å². The number of nitrogens with two attached hydrogens (primary N) is 2. The number of para-hydroxylation sites is 1. The van der Waals surface area contributed by atoms with Crippen molar-refractivity contribution >= 4 is 17.5 Å². The van der Waals surface area contributed by atoms with Crippen molar-refractivity contribution in [1.82, 2.24) is 0 Å². The van der Waals surface area contributed by atoms with Crippen LogP contribution >= 0.6 is 0 Å². The molecule has 0 aliphatic carbocycles. The minimum atomic E-state index is -0.113. The van der Waals surface area contributed by atoms with E-state index in [9.17, 15) is 4.79 Å². The van der Waals surface area contributed by atoms with Crippen LogP contribution in [0.1, 0.15) is 223 Å². The maximum atomic E-state index is 10.7. The van der Waals surface area contributed by atoms with Crippen LogP contribution in [-0.4, -0.2) is 22.6 Å². The van der Waals surface area contributed by atoms with Crippen LogP contribution in [0.4, 0.5) is 0 Å². The van der Waals surface area contributed by atoms with E-state index in [0.717, 1.165) is 22.3 Å². The number of ketones is 1. The number of phenols is 1. The van der Waals surface area contributed by atoms with Crippen molar-refractivity contribution in [3.8, 4) is 28.0 Å². The highest BCUT2D eigenvalue weighted by atomic mass is 16.3. The number of carbonyl (C=O) groups excluding carboxylic acids is 1. The van der Waals surface area contributed by atoms with Gasteiger partial charge in [-0.15, -0.1) is 0 Å². The van der Waals surface area contributed by atoms with Gasteiger partial charge in [-0.25, -0.2) is 0 Å². The molecule has 5 aromatic carbocycles. The highest BCUT2D eigenvalue weighted by molar-refractivity contribution is 5.97. The van der Waals surface area contributed by atoms with E-state index < -0.39 is 0 Å². The fraction of sp³-hybridized carbons (Fsp3) is 0.468. The van der Waals surface area contributed by atoms with Crippen molar-refractivity contribution in [3.05, 3.63) is 150 Å². The molecule has 0 amide bonds. The van der Waals surface area contributed by atoms with Gasteiger partial charge in [-0.05, 0) is 41.3 Å². The van der Waals surface area contributed by atoms with Gasteiger partial charge >= 0.3 is 0 Å². The second kappa shape index (κ2) is 88.3. The molecule has 0 saturated heterocycles. The first-order chi connectivity index (χ1) is 31.7. The molecule has 6 heteroatoms. The Morgan fingerprint density at radius 2 is 0.574 bits per heavy atom. The molecule has 5 rings (SSSR count). The van der Waals surface area contributed by atoms with E-state index in [1.165, 1.54) is 30.5 Å². The zero-order valence-corrected chi connectivity index (χ0v) is 46.9. The largest absolute Gasteiger partial charge is 0.507 e. The van der Waals surface area contributed by atoms with Crippen LogP contribution in [0, 0.1) is 10.8 Å². The second-order valence-electron chi connectivity index (χ2n) is 9.49. The van der Waals surface area contributed by atoms with Crippen LogP contribution in [0.5, 0.6) is 5.75 Å². The minimum absolute atomic E-state index is 0. The van der Waals surface area contributed by atoms with Crippen LogP contribution in [0.15, 0.2) is 133 Å². The molecule has 6 nitrogen and oxygen atoms in total. The zero-order chi connectivity index (χ0) is 53.6. The molecule has 0 aliphatic heterocycles. The SMILES string of the molecule is C.C.C.CC.CC.CC.CC.CC.CC.CC.CC.CC.CC.CC.CC(=O)c1ccccc1O.CCC.N=C(N)c1ccc(-c2ccccc2)cc1.N=C(N)c1ccc(-c2ccccc2)cc1. The minimum Gasteiger partial charge on any atom is -0.507 e. The van der Waals surface area contributed by atoms with Crippen LogP contribution in [0.3, 0.4) is 0 Å². The van der Waals surface area contributed by atoms with Crippen LogP contribution in [-0.2, 0) is 0 Å². The van der Waals surface area contributed by atoms with E-state index in [1.807, 2.05) is 237 Å². The van der Waals surface area contributed by atoms with Gasteiger partial charge in [0.1, 0.15) is 17.4 Å². The number of rotatable bonds is 5. The molecule has 68 heavy (non-hydrogen) atoms. The third-order valence-electron chi connectivity index (χ3n) is 5.89. The average molecular weight is 952 g/mol. The summed E-state index contributed by atoms with van der Waals surface area (Å²) < 4.78 is 0. The van der Waals surface area contributed by atoms with Gasteiger partial charge in [0.25, 0.3) is 0 Å². The summed E-state index contributed by atoms with van der Waals surface area (Å²) in [5.41, 5.74) is 17.3. The number of amidine groups is 2. The maximum absolute atomic E-state index is 10.7. The molecule has 0 radical (unpaired) electrons. The second-order valence-corrected chi connectivity index (χ2v) is 9.49. The predicted octanol–water partition coefficient (Wildman–Crippen LogP) is 21.5. The summed E-state index contributed by atoms with van der Waals surface area (Å²) in [6.07, 6.45) is 1.25. The molecule has 0 aromatic heterocycles. The third kappa shape index (κ3) is 56.6. The summed E-state index contributed by atoms with van der Waals surface area (Å²) in [4.78, 5) is 10.7. The number of phenolic OH excluding ortho intramolecular Hbond substituents is 1. The number of Topliss-reactive ketones (excluding diaryl/α,β-unsaturated/α-hetero) is 1. The Morgan fingerprint density at radius 1 is 0.382 bits per heavy atom. The first-order valence-electron chi connectivity index (χ1n) is 25.0. The van der Waals surface area contributed by atoms with Crippen molar-refractivity contribution in [3.63, 3.8) is 0 Å². The van der Waals surface area contributed by atoms with Gasteiger partial charge in [-0.1, -0.05) is 316 Å². The van der Waals surface area contributed by atoms with Crippen molar-refractivity contribution < 1.29 is 9.90 Å². The molecule has 0 unspecified atom stereocenters. The summed E-state index contributed by atoms with van der Waals surface area (Å²) in [5.74, 6) is 0.150. The fourth-order valence-electron chi connectivity index (χ4n) is 3.72. The Balaban J connectivity index is -0.0000000487. The molecule has 7 N–H and O–H groups in total. The molecule has 0 bridgehead atoms. The third-order valence-corrected chi connectivity index (χ3v) is 5.89. The van der Waals surface area contributed by atoms with Crippen LogP contribution in [0.25, 0.3) is 22.3 Å². The first kappa shape index (κ1) is 96.5. The molecule has 0 spiro atoms. The average Bonchev–Trinajstić information content (AvgIpc) is 3.41. The molecule has 5 aromatic rings. The number of nitrogens with one attached hydrogen (secondary N) is 2. The smallest absolute Gasteiger partial charge is 0.163 e. The summed E-state index contributed by atoms with van der Waals surface area (Å²) in [6, 6.07) is 42.1. The van der Waals surface area contributed by atoms with Gasteiger partial charge in [0, 0.05) is 11.1 Å². The van der Waals surface area contributed by atoms with Crippen molar-refractivity contribution in [2.75, 3.05) is 0 Å². The van der Waals surface area contributed by atoms with Gasteiger partial charge in [0.2, 0.25) is 0 Å². The Labute approximate surface area is 427 Å². The fourth-order valence-corrected chi connectivity index (χ4v) is 3.72. The summed E-state index contributed by atoms with van der Waals surface area (Å²) >= 11 is 0. The van der Waals surface area contributed by atoms with Gasteiger partial charge < -0.3 is 16.6 Å². The summed E-state index contributed by atoms with van der Waals surface area (Å²) in [7, 11) is 0. The van der Waals surface area contributed by atoms with E-state index in [0.29, 0.717) is 5.56 Å². The van der Waals surface area contributed by atoms with Gasteiger partial charge in [0.05, 0.1) is 5.56 Å². The standard InChI is InChI=1S/2C13H12N2.C8H8O2.C3H8.11C2H6.3CH4/c2*14-13(15)12-8-6-11(7-9-12)10-4-2-1-3-5-10;1-6(9)7-4-2-3-5-8(7)10;1-3-2;11*1-2;;;/h2*1-9H,(H3,14,15);2-5,10H,1H3;3H2,1-2H3;11*1-2H3;3*1H4. The Hall–Kier alpha value is -5.49. The van der Waals surface area contributed by atoms with E-state index in [2.05, 4.69) is 38.1 Å². The maximum Gasteiger partial charge on any atom is 0.163 e. The molecular formula is C62H118N4O2. The van der Waals surface area contributed by atoms with Gasteiger partial charge in [-0.2, -0.15) is 0 Å². The van der Waals surface area contributed by atoms with Crippen molar-refractivity contribution in [1.29, 1.82) is 10.8 Å². The van der Waals surface area contributed by atoms with E-state index in [-0.39, 0.29) is 45.5 Å². The van der Waals surface area contributed by atoms with Crippen molar-refractivity contribution in [2.45, 2.75) is 202 Å². The molecule has 0 atom stereocenters. The first-order valence-corrected chi connectivity index (χ1v) is 25.0. The normalized spacial score (nSPS) is 6.96. The Morgan fingerprint density at radius 3 is 0.750 bits per heavy atom. The predicted molar refractivity (Wildman–Crippen MR) is 325 cm³/mol. The number of nitrogen functional groups attached to an aromatic ring is 2. The molecule has 0 heterocycles. The van der Waals surface area contributed by atoms with E-state index in [4.69, 9.17) is 27.4 Å². The number of aromatic hydroxyl groups is 1.